The number of nitrogens with one attached hydrogen (secondary N) is 1. The van der Waals surface area contributed by atoms with Crippen molar-refractivity contribution in [2.24, 2.45) is 0 Å². The van der Waals surface area contributed by atoms with Gasteiger partial charge in [0.1, 0.15) is 22.2 Å². The maximum atomic E-state index is 14.1. The van der Waals surface area contributed by atoms with E-state index in [1.807, 2.05) is 6.92 Å². The zero-order valence-electron chi connectivity index (χ0n) is 17.7. The van der Waals surface area contributed by atoms with Crippen molar-refractivity contribution in [2.45, 2.75) is 38.4 Å². The normalized spacial score (nSPS) is 20.5. The number of rotatable bonds is 3. The SMILES string of the molecule is C[C@@H]1COCCC[C@H]2CN1C(=O)c1c(O)c(=O)c(C(=O)NCc3ccc(F)c(Cl)c3F)cn12. The fourth-order valence-electron chi connectivity index (χ4n) is 4.16. The third kappa shape index (κ3) is 4.20. The molecule has 8 nitrogen and oxygen atoms in total. The zero-order chi connectivity index (χ0) is 23.9. The molecule has 176 valence electrons. The van der Waals surface area contributed by atoms with Gasteiger partial charge in [0.25, 0.3) is 11.8 Å². The molecule has 2 amide bonds. The zero-order valence-corrected chi connectivity index (χ0v) is 18.5. The molecule has 1 saturated heterocycles. The summed E-state index contributed by atoms with van der Waals surface area (Å²) in [6, 6.07) is 1.57. The molecule has 2 N–H and O–H groups in total. The number of halogens is 3. The van der Waals surface area contributed by atoms with Crippen LogP contribution >= 0.6 is 11.6 Å². The molecule has 11 heteroatoms. The van der Waals surface area contributed by atoms with E-state index in [0.29, 0.717) is 32.6 Å². The van der Waals surface area contributed by atoms with Crippen LogP contribution in [-0.2, 0) is 11.3 Å². The van der Waals surface area contributed by atoms with Crippen molar-refractivity contribution in [1.29, 1.82) is 0 Å². The number of pyridine rings is 1. The molecule has 1 fully saturated rings. The highest BCUT2D eigenvalue weighted by Gasteiger charge is 2.37. The van der Waals surface area contributed by atoms with Gasteiger partial charge in [-0.15, -0.1) is 0 Å². The first-order valence-corrected chi connectivity index (χ1v) is 10.9. The summed E-state index contributed by atoms with van der Waals surface area (Å²) < 4.78 is 34.5. The highest BCUT2D eigenvalue weighted by Crippen LogP contribution is 2.31. The molecule has 0 radical (unpaired) electrons. The number of aromatic nitrogens is 1. The number of amides is 2. The van der Waals surface area contributed by atoms with Crippen molar-refractivity contribution in [3.8, 4) is 5.75 Å². The summed E-state index contributed by atoms with van der Waals surface area (Å²) in [7, 11) is 0. The Hall–Kier alpha value is -2.98. The lowest BCUT2D eigenvalue weighted by molar-refractivity contribution is 0.0429. The fourth-order valence-corrected chi connectivity index (χ4v) is 4.35. The second-order valence-electron chi connectivity index (χ2n) is 8.17. The Labute approximate surface area is 192 Å². The predicted molar refractivity (Wildman–Crippen MR) is 114 cm³/mol. The lowest BCUT2D eigenvalue weighted by atomic mass is 10.0. The predicted octanol–water partition coefficient (Wildman–Crippen LogP) is 2.61. The molecule has 2 aromatic rings. The molecule has 0 unspecified atom stereocenters. The molecular formula is C22H22ClF2N3O5. The molecule has 0 spiro atoms. The summed E-state index contributed by atoms with van der Waals surface area (Å²) >= 11 is 5.56. The summed E-state index contributed by atoms with van der Waals surface area (Å²) in [5, 5.41) is 12.3. The maximum Gasteiger partial charge on any atom is 0.274 e. The molecule has 2 aliphatic rings. The van der Waals surface area contributed by atoms with Crippen molar-refractivity contribution < 1.29 is 28.2 Å². The average Bonchev–Trinajstić information content (AvgIpc) is 2.87. The molecule has 0 aliphatic carbocycles. The summed E-state index contributed by atoms with van der Waals surface area (Å²) in [6.07, 6.45) is 2.55. The van der Waals surface area contributed by atoms with Gasteiger partial charge in [-0.2, -0.15) is 0 Å². The maximum absolute atomic E-state index is 14.1. The van der Waals surface area contributed by atoms with Gasteiger partial charge in [0, 0.05) is 31.5 Å². The average molecular weight is 482 g/mol. The number of nitrogens with zero attached hydrogens (tertiary/aromatic N) is 2. The number of benzene rings is 1. The summed E-state index contributed by atoms with van der Waals surface area (Å²) in [5.74, 6) is -4.16. The Morgan fingerprint density at radius 2 is 2.09 bits per heavy atom. The van der Waals surface area contributed by atoms with E-state index in [1.54, 1.807) is 4.90 Å². The number of hydrogen-bond acceptors (Lipinski definition) is 5. The summed E-state index contributed by atoms with van der Waals surface area (Å²) in [6.45, 7) is 2.65. The standard InChI is InChI=1S/C22H22ClF2N3O5/c1-11-10-33-6-2-3-13-8-27(11)22(32)18-20(30)19(29)14(9-28(13)18)21(31)26-7-12-4-5-15(24)16(23)17(12)25/h4-5,9,11,13,30H,2-3,6-8,10H2,1H3,(H,26,31)/t11-,13+/m1/s1. The van der Waals surface area contributed by atoms with Crippen molar-refractivity contribution in [3.63, 3.8) is 0 Å². The van der Waals surface area contributed by atoms with E-state index in [9.17, 15) is 28.3 Å². The Kier molecular flexibility index (Phi) is 6.40. The number of ether oxygens (including phenoxy) is 1. The lowest BCUT2D eigenvalue weighted by Gasteiger charge is -2.38. The summed E-state index contributed by atoms with van der Waals surface area (Å²) in [4.78, 5) is 40.1. The molecule has 2 atom stereocenters. The van der Waals surface area contributed by atoms with E-state index < -0.39 is 45.2 Å². The van der Waals surface area contributed by atoms with Crippen molar-refractivity contribution in [1.82, 2.24) is 14.8 Å². The number of fused-ring (bicyclic) bond motifs is 4. The molecule has 33 heavy (non-hydrogen) atoms. The van der Waals surface area contributed by atoms with Gasteiger partial charge in [0.2, 0.25) is 5.43 Å². The lowest BCUT2D eigenvalue weighted by Crippen LogP contribution is -2.49. The van der Waals surface area contributed by atoms with Crippen LogP contribution < -0.4 is 10.7 Å². The molecular weight excluding hydrogens is 460 g/mol. The van der Waals surface area contributed by atoms with Crippen molar-refractivity contribution >= 4 is 23.4 Å². The second kappa shape index (κ2) is 9.11. The van der Waals surface area contributed by atoms with Crippen molar-refractivity contribution in [2.75, 3.05) is 19.8 Å². The Balaban J connectivity index is 1.67. The van der Waals surface area contributed by atoms with Gasteiger partial charge in [0.05, 0.1) is 18.7 Å². The number of hydrogen-bond donors (Lipinski definition) is 2. The number of aromatic hydroxyl groups is 1. The first-order chi connectivity index (χ1) is 15.7. The second-order valence-corrected chi connectivity index (χ2v) is 8.55. The Bertz CT molecular complexity index is 1190. The van der Waals surface area contributed by atoms with Gasteiger partial charge < -0.3 is 24.6 Å². The van der Waals surface area contributed by atoms with Gasteiger partial charge in [0.15, 0.2) is 11.4 Å². The Morgan fingerprint density at radius 3 is 2.85 bits per heavy atom. The number of carbonyl (C=O) groups is 2. The van der Waals surface area contributed by atoms with Crippen molar-refractivity contribution in [3.05, 3.63) is 62.0 Å². The molecule has 4 rings (SSSR count). The van der Waals surface area contributed by atoms with Gasteiger partial charge in [-0.05, 0) is 25.8 Å². The van der Waals surface area contributed by atoms with Gasteiger partial charge in [-0.25, -0.2) is 8.78 Å². The molecule has 3 heterocycles. The minimum Gasteiger partial charge on any atom is -0.503 e. The monoisotopic (exact) mass is 481 g/mol. The minimum atomic E-state index is -1.02. The van der Waals surface area contributed by atoms with Gasteiger partial charge in [-0.1, -0.05) is 17.7 Å². The quantitative estimate of drug-likeness (QED) is 0.656. The van der Waals surface area contributed by atoms with E-state index in [0.717, 1.165) is 12.1 Å². The molecule has 1 aromatic heterocycles. The first-order valence-electron chi connectivity index (χ1n) is 10.5. The number of carbonyl (C=O) groups excluding carboxylic acids is 2. The highest BCUT2D eigenvalue weighted by molar-refractivity contribution is 6.30. The van der Waals surface area contributed by atoms with E-state index in [2.05, 4.69) is 5.32 Å². The minimum absolute atomic E-state index is 0.0758. The van der Waals surface area contributed by atoms with E-state index in [1.165, 1.54) is 10.8 Å². The van der Waals surface area contributed by atoms with E-state index in [-0.39, 0.29) is 29.9 Å². The molecule has 2 bridgehead atoms. The largest absolute Gasteiger partial charge is 0.503 e. The van der Waals surface area contributed by atoms with Crippen LogP contribution in [0.25, 0.3) is 0 Å². The Morgan fingerprint density at radius 1 is 1.33 bits per heavy atom. The molecule has 1 aromatic carbocycles. The summed E-state index contributed by atoms with van der Waals surface area (Å²) in [5.41, 5.74) is -1.65. The van der Waals surface area contributed by atoms with Crippen LogP contribution in [0.4, 0.5) is 8.78 Å². The van der Waals surface area contributed by atoms with E-state index >= 15 is 0 Å². The third-order valence-corrected chi connectivity index (χ3v) is 6.34. The van der Waals surface area contributed by atoms with Crippen LogP contribution in [0.2, 0.25) is 5.02 Å². The van der Waals surface area contributed by atoms with E-state index in [4.69, 9.17) is 16.3 Å². The first kappa shape index (κ1) is 23.2. The smallest absolute Gasteiger partial charge is 0.274 e. The van der Waals surface area contributed by atoms with Crippen LogP contribution in [0.3, 0.4) is 0 Å². The fraction of sp³-hybridized carbons (Fsp3) is 0.409. The third-order valence-electron chi connectivity index (χ3n) is 5.99. The van der Waals surface area contributed by atoms with Crippen LogP contribution in [0, 0.1) is 11.6 Å². The van der Waals surface area contributed by atoms with Gasteiger partial charge in [-0.3, -0.25) is 14.4 Å². The topological polar surface area (TPSA) is 101 Å². The van der Waals surface area contributed by atoms with Crippen LogP contribution in [0.1, 0.15) is 52.2 Å². The van der Waals surface area contributed by atoms with Gasteiger partial charge >= 0.3 is 0 Å². The van der Waals surface area contributed by atoms with Crippen LogP contribution in [-0.4, -0.2) is 52.2 Å². The van der Waals surface area contributed by atoms with Crippen LogP contribution in [0.15, 0.2) is 23.1 Å². The molecule has 0 saturated carbocycles. The van der Waals surface area contributed by atoms with Crippen LogP contribution in [0.5, 0.6) is 5.75 Å². The highest BCUT2D eigenvalue weighted by atomic mass is 35.5. The molecule has 2 aliphatic heterocycles.